The number of aromatic nitrogens is 3. The molecule has 4 heterocycles. The van der Waals surface area contributed by atoms with Gasteiger partial charge in [-0.15, -0.1) is 0 Å². The normalized spacial score (nSPS) is 17.3. The molecule has 0 atom stereocenters. The summed E-state index contributed by atoms with van der Waals surface area (Å²) in [5, 5.41) is 6.46. The van der Waals surface area contributed by atoms with Crippen LogP contribution in [-0.4, -0.2) is 90.8 Å². The number of anilines is 3. The molecule has 5 rings (SSSR count). The van der Waals surface area contributed by atoms with Crippen molar-refractivity contribution in [1.82, 2.24) is 24.4 Å². The van der Waals surface area contributed by atoms with Crippen LogP contribution < -0.4 is 15.2 Å². The molecule has 1 aromatic carbocycles. The van der Waals surface area contributed by atoms with Gasteiger partial charge in [0.25, 0.3) is 5.91 Å². The molecular formula is C25H34N8O. The Morgan fingerprint density at radius 2 is 1.68 bits per heavy atom. The van der Waals surface area contributed by atoms with E-state index < -0.39 is 0 Å². The third-order valence-electron chi connectivity index (χ3n) is 6.75. The van der Waals surface area contributed by atoms with Crippen molar-refractivity contribution in [2.75, 3.05) is 75.6 Å². The summed E-state index contributed by atoms with van der Waals surface area (Å²) in [5.74, 6) is 0.498. The van der Waals surface area contributed by atoms with Crippen LogP contribution in [0, 0.1) is 0 Å². The van der Waals surface area contributed by atoms with Crippen LogP contribution in [-0.2, 0) is 0 Å². The molecule has 0 unspecified atom stereocenters. The van der Waals surface area contributed by atoms with Crippen LogP contribution in [0.4, 0.5) is 17.3 Å². The number of hydrogen-bond donors (Lipinski definition) is 1. The molecule has 2 aliphatic rings. The molecule has 2 aliphatic heterocycles. The average molecular weight is 463 g/mol. The third-order valence-corrected chi connectivity index (χ3v) is 6.75. The minimum atomic E-state index is -0.0300. The molecule has 1 amide bonds. The molecule has 9 heteroatoms. The van der Waals surface area contributed by atoms with Crippen LogP contribution in [0.15, 0.2) is 36.5 Å². The van der Waals surface area contributed by atoms with Gasteiger partial charge in [0.05, 0.1) is 0 Å². The molecule has 1 N–H and O–H groups in total. The van der Waals surface area contributed by atoms with Crippen LogP contribution in [0.25, 0.3) is 11.0 Å². The maximum absolute atomic E-state index is 12.9. The van der Waals surface area contributed by atoms with Crippen molar-refractivity contribution in [3.05, 3.63) is 42.2 Å². The number of amides is 1. The second-order valence-corrected chi connectivity index (χ2v) is 9.49. The summed E-state index contributed by atoms with van der Waals surface area (Å²) in [6, 6.07) is 10.4. The second kappa shape index (κ2) is 9.50. The van der Waals surface area contributed by atoms with Crippen molar-refractivity contribution in [3.63, 3.8) is 0 Å². The highest BCUT2D eigenvalue weighted by Crippen LogP contribution is 2.25. The Labute approximate surface area is 200 Å². The lowest BCUT2D eigenvalue weighted by atomic mass is 10.2. The summed E-state index contributed by atoms with van der Waals surface area (Å²) in [6.45, 7) is 6.09. The number of nitrogens with zero attached hydrogens (tertiary/aromatic N) is 7. The molecular weight excluding hydrogens is 428 g/mol. The van der Waals surface area contributed by atoms with E-state index in [4.69, 9.17) is 4.98 Å². The summed E-state index contributed by atoms with van der Waals surface area (Å²) in [5.41, 5.74) is 3.57. The van der Waals surface area contributed by atoms with Crippen LogP contribution >= 0.6 is 0 Å². The summed E-state index contributed by atoms with van der Waals surface area (Å²) < 4.78 is 2.00. The fourth-order valence-electron chi connectivity index (χ4n) is 4.73. The van der Waals surface area contributed by atoms with Gasteiger partial charge >= 0.3 is 0 Å². The molecule has 2 aromatic heterocycles. The number of benzene rings is 1. The number of rotatable bonds is 5. The van der Waals surface area contributed by atoms with Gasteiger partial charge in [-0.2, -0.15) is 4.98 Å². The first kappa shape index (κ1) is 22.5. The van der Waals surface area contributed by atoms with Gasteiger partial charge in [-0.25, -0.2) is 9.66 Å². The molecule has 3 aromatic rings. The second-order valence-electron chi connectivity index (χ2n) is 9.49. The predicted molar refractivity (Wildman–Crippen MR) is 137 cm³/mol. The Morgan fingerprint density at radius 3 is 2.35 bits per heavy atom. The summed E-state index contributed by atoms with van der Waals surface area (Å²) in [4.78, 5) is 28.7. The molecule has 2 fully saturated rings. The molecule has 0 radical (unpaired) electrons. The van der Waals surface area contributed by atoms with Gasteiger partial charge in [0.15, 0.2) is 5.65 Å². The zero-order valence-corrected chi connectivity index (χ0v) is 20.4. The number of likely N-dealkylation sites (N-methyl/N-ethyl adjacent to an activating group) is 1. The fraction of sp³-hybridized carbons (Fsp3) is 0.480. The predicted octanol–water partition coefficient (Wildman–Crippen LogP) is 2.75. The molecule has 0 saturated carbocycles. The van der Waals surface area contributed by atoms with Crippen LogP contribution in [0.1, 0.15) is 29.8 Å². The Hall–Kier alpha value is -3.33. The minimum Gasteiger partial charge on any atom is -0.369 e. The SMILES string of the molecule is CN1CCN(c2ccc(Nc3ncc4cc(C(=O)N(C)C)n(N5CCCCC5)c4n3)cc2)CC1. The van der Waals surface area contributed by atoms with E-state index >= 15 is 0 Å². The van der Waals surface area contributed by atoms with Crippen molar-refractivity contribution in [3.8, 4) is 0 Å². The van der Waals surface area contributed by atoms with E-state index in [9.17, 15) is 4.79 Å². The van der Waals surface area contributed by atoms with Crippen molar-refractivity contribution >= 4 is 34.3 Å². The number of fused-ring (bicyclic) bond motifs is 1. The van der Waals surface area contributed by atoms with E-state index in [0.29, 0.717) is 11.6 Å². The first-order valence-electron chi connectivity index (χ1n) is 12.2. The lowest BCUT2D eigenvalue weighted by molar-refractivity contribution is 0.0816. The standard InChI is InChI=1S/C25H34N8O/c1-29(2)24(34)22-17-19-18-26-25(28-23(19)33(22)32-11-5-4-6-12-32)27-20-7-9-21(10-8-20)31-15-13-30(3)14-16-31/h7-10,17-18H,4-6,11-16H2,1-3H3,(H,26,27,28). The Morgan fingerprint density at radius 1 is 0.971 bits per heavy atom. The molecule has 180 valence electrons. The zero-order valence-electron chi connectivity index (χ0n) is 20.4. The average Bonchev–Trinajstić information content (AvgIpc) is 3.24. The number of carbonyl (C=O) groups excluding carboxylic acids is 1. The maximum Gasteiger partial charge on any atom is 0.272 e. The van der Waals surface area contributed by atoms with Crippen LogP contribution in [0.3, 0.4) is 0 Å². The first-order valence-corrected chi connectivity index (χ1v) is 12.2. The highest BCUT2D eigenvalue weighted by molar-refractivity contribution is 5.98. The topological polar surface area (TPSA) is 72.8 Å². The number of carbonyl (C=O) groups is 1. The number of piperidine rings is 1. The monoisotopic (exact) mass is 462 g/mol. The van der Waals surface area contributed by atoms with E-state index in [1.54, 1.807) is 25.2 Å². The van der Waals surface area contributed by atoms with Gasteiger partial charge in [-0.3, -0.25) is 4.79 Å². The van der Waals surface area contributed by atoms with E-state index in [2.05, 4.69) is 56.4 Å². The largest absolute Gasteiger partial charge is 0.369 e. The van der Waals surface area contributed by atoms with Gasteiger partial charge in [0.2, 0.25) is 5.95 Å². The van der Waals surface area contributed by atoms with E-state index in [1.807, 2.05) is 10.7 Å². The highest BCUT2D eigenvalue weighted by atomic mass is 16.2. The van der Waals surface area contributed by atoms with Gasteiger partial charge in [-0.05, 0) is 56.6 Å². The van der Waals surface area contributed by atoms with E-state index in [0.717, 1.165) is 68.8 Å². The lowest BCUT2D eigenvalue weighted by Crippen LogP contribution is -2.44. The van der Waals surface area contributed by atoms with Gasteiger partial charge in [0.1, 0.15) is 5.69 Å². The number of nitrogens with one attached hydrogen (secondary N) is 1. The third kappa shape index (κ3) is 4.52. The molecule has 9 nitrogen and oxygen atoms in total. The molecule has 0 spiro atoms. The Kier molecular flexibility index (Phi) is 6.28. The molecule has 34 heavy (non-hydrogen) atoms. The molecule has 0 aliphatic carbocycles. The van der Waals surface area contributed by atoms with Crippen LogP contribution in [0.2, 0.25) is 0 Å². The molecule has 2 saturated heterocycles. The van der Waals surface area contributed by atoms with E-state index in [-0.39, 0.29) is 5.91 Å². The zero-order chi connectivity index (χ0) is 23.7. The summed E-state index contributed by atoms with van der Waals surface area (Å²) in [6.07, 6.45) is 5.25. The maximum atomic E-state index is 12.9. The first-order chi connectivity index (χ1) is 16.5. The summed E-state index contributed by atoms with van der Waals surface area (Å²) >= 11 is 0. The van der Waals surface area contributed by atoms with Crippen molar-refractivity contribution in [2.24, 2.45) is 0 Å². The Bertz CT molecular complexity index is 1140. The van der Waals surface area contributed by atoms with Gasteiger partial charge < -0.3 is 25.0 Å². The smallest absolute Gasteiger partial charge is 0.272 e. The Balaban J connectivity index is 1.41. The lowest BCUT2D eigenvalue weighted by Gasteiger charge is -2.34. The van der Waals surface area contributed by atoms with Crippen molar-refractivity contribution < 1.29 is 4.79 Å². The van der Waals surface area contributed by atoms with Crippen molar-refractivity contribution in [1.29, 1.82) is 0 Å². The number of piperazine rings is 1. The quantitative estimate of drug-likeness (QED) is 0.625. The van der Waals surface area contributed by atoms with Gasteiger partial charge in [0, 0.05) is 76.3 Å². The van der Waals surface area contributed by atoms with Gasteiger partial charge in [-0.1, -0.05) is 0 Å². The van der Waals surface area contributed by atoms with Crippen molar-refractivity contribution in [2.45, 2.75) is 19.3 Å². The highest BCUT2D eigenvalue weighted by Gasteiger charge is 2.24. The van der Waals surface area contributed by atoms with E-state index in [1.165, 1.54) is 12.1 Å². The number of hydrogen-bond acceptors (Lipinski definition) is 7. The minimum absolute atomic E-state index is 0.0300. The van der Waals surface area contributed by atoms with Crippen LogP contribution in [0.5, 0.6) is 0 Å². The molecule has 0 bridgehead atoms. The fourth-order valence-corrected chi connectivity index (χ4v) is 4.73. The summed E-state index contributed by atoms with van der Waals surface area (Å²) in [7, 11) is 5.73.